The fourth-order valence-electron chi connectivity index (χ4n) is 3.51. The average molecular weight is 433 g/mol. The van der Waals surface area contributed by atoms with E-state index in [1.165, 1.54) is 0 Å². The van der Waals surface area contributed by atoms with Gasteiger partial charge in [-0.3, -0.25) is 0 Å². The van der Waals surface area contributed by atoms with Crippen molar-refractivity contribution in [1.29, 1.82) is 0 Å². The van der Waals surface area contributed by atoms with E-state index in [1.54, 1.807) is 19.5 Å². The number of likely N-dealkylation sites (N-methyl/N-ethyl adjacent to an activating group) is 2. The summed E-state index contributed by atoms with van der Waals surface area (Å²) in [7, 11) is 7.75. The maximum absolute atomic E-state index is 6.37. The number of aromatic amines is 1. The topological polar surface area (TPSA) is 108 Å². The first kappa shape index (κ1) is 21.4. The normalized spacial score (nSPS) is 11.2. The Bertz CT molecular complexity index is 1220. The van der Waals surface area contributed by atoms with E-state index in [4.69, 9.17) is 10.5 Å². The summed E-state index contributed by atoms with van der Waals surface area (Å²) >= 11 is 0. The Morgan fingerprint density at radius 1 is 1.09 bits per heavy atom. The highest BCUT2D eigenvalue weighted by molar-refractivity contribution is 5.92. The summed E-state index contributed by atoms with van der Waals surface area (Å²) in [5.41, 5.74) is 11.2. The quantitative estimate of drug-likeness (QED) is 0.364. The highest BCUT2D eigenvalue weighted by atomic mass is 16.5. The van der Waals surface area contributed by atoms with Crippen molar-refractivity contribution in [1.82, 2.24) is 24.8 Å². The van der Waals surface area contributed by atoms with Gasteiger partial charge in [-0.05, 0) is 38.4 Å². The van der Waals surface area contributed by atoms with Gasteiger partial charge in [0.2, 0.25) is 5.95 Å². The van der Waals surface area contributed by atoms with Gasteiger partial charge in [0.1, 0.15) is 11.4 Å². The maximum Gasteiger partial charge on any atom is 0.227 e. The second-order valence-corrected chi connectivity index (χ2v) is 7.83. The molecular formula is C23H28N8O. The summed E-state index contributed by atoms with van der Waals surface area (Å²) in [6, 6.07) is 9.58. The third-order valence-electron chi connectivity index (χ3n) is 5.27. The zero-order valence-electron chi connectivity index (χ0n) is 18.8. The number of rotatable bonds is 8. The summed E-state index contributed by atoms with van der Waals surface area (Å²) in [6.45, 7) is 1.76. The van der Waals surface area contributed by atoms with Crippen LogP contribution < -0.4 is 20.7 Å². The van der Waals surface area contributed by atoms with Gasteiger partial charge in [-0.1, -0.05) is 0 Å². The number of aromatic nitrogens is 4. The minimum absolute atomic E-state index is 0.451. The van der Waals surface area contributed by atoms with E-state index in [1.807, 2.05) is 57.7 Å². The third-order valence-corrected chi connectivity index (χ3v) is 5.27. The number of hydrogen-bond acceptors (Lipinski definition) is 8. The van der Waals surface area contributed by atoms with Crippen molar-refractivity contribution < 1.29 is 4.74 Å². The van der Waals surface area contributed by atoms with E-state index in [9.17, 15) is 0 Å². The Morgan fingerprint density at radius 3 is 2.72 bits per heavy atom. The minimum atomic E-state index is 0.451. The lowest BCUT2D eigenvalue weighted by molar-refractivity contribution is 0.413. The molecule has 0 radical (unpaired) electrons. The summed E-state index contributed by atoms with van der Waals surface area (Å²) < 4.78 is 5.63. The van der Waals surface area contributed by atoms with Gasteiger partial charge in [0.25, 0.3) is 0 Å². The van der Waals surface area contributed by atoms with Gasteiger partial charge < -0.3 is 30.6 Å². The number of H-pyrrole nitrogens is 1. The monoisotopic (exact) mass is 432 g/mol. The van der Waals surface area contributed by atoms with Crippen molar-refractivity contribution in [3.63, 3.8) is 0 Å². The number of anilines is 4. The number of methoxy groups -OCH3 is 1. The molecule has 3 heterocycles. The molecule has 0 spiro atoms. The predicted molar refractivity (Wildman–Crippen MR) is 130 cm³/mol. The molecule has 4 aromatic rings. The fourth-order valence-corrected chi connectivity index (χ4v) is 3.51. The number of benzene rings is 1. The van der Waals surface area contributed by atoms with Crippen LogP contribution in [-0.2, 0) is 0 Å². The standard InChI is InChI=1S/C23H28N8O/c1-30(2)10-11-31(3)20-13-21(32-4)19(12-17(20)24)29-23-26-9-7-18(28-23)16-14-27-22-15(16)6-5-8-25-22/h5-9,12-14H,10-11,24H2,1-4H3,(H,25,27)(H,26,28,29). The Labute approximate surface area is 187 Å². The second-order valence-electron chi connectivity index (χ2n) is 7.83. The largest absolute Gasteiger partial charge is 0.494 e. The zero-order chi connectivity index (χ0) is 22.7. The molecule has 0 aliphatic carbocycles. The maximum atomic E-state index is 6.37. The van der Waals surface area contributed by atoms with Crippen LogP contribution in [0.15, 0.2) is 48.9 Å². The summed E-state index contributed by atoms with van der Waals surface area (Å²) in [4.78, 5) is 20.8. The van der Waals surface area contributed by atoms with E-state index >= 15 is 0 Å². The number of fused-ring (bicyclic) bond motifs is 1. The van der Waals surface area contributed by atoms with Gasteiger partial charge >= 0.3 is 0 Å². The van der Waals surface area contributed by atoms with Crippen LogP contribution in [0.1, 0.15) is 0 Å². The van der Waals surface area contributed by atoms with Crippen molar-refractivity contribution in [3.05, 3.63) is 48.9 Å². The van der Waals surface area contributed by atoms with Gasteiger partial charge in [0.15, 0.2) is 0 Å². The van der Waals surface area contributed by atoms with Crippen LogP contribution in [-0.4, -0.2) is 66.2 Å². The van der Waals surface area contributed by atoms with E-state index in [-0.39, 0.29) is 0 Å². The molecule has 3 aromatic heterocycles. The zero-order valence-corrected chi connectivity index (χ0v) is 18.8. The molecular weight excluding hydrogens is 404 g/mol. The van der Waals surface area contributed by atoms with Crippen molar-refractivity contribution in [2.24, 2.45) is 0 Å². The summed E-state index contributed by atoms with van der Waals surface area (Å²) in [6.07, 6.45) is 5.38. The van der Waals surface area contributed by atoms with Gasteiger partial charge in [-0.2, -0.15) is 0 Å². The first-order valence-corrected chi connectivity index (χ1v) is 10.3. The number of nitrogens with two attached hydrogens (primary N) is 1. The van der Waals surface area contributed by atoms with Crippen LogP contribution in [0.4, 0.5) is 23.0 Å². The lowest BCUT2D eigenvalue weighted by atomic mass is 10.1. The molecule has 0 amide bonds. The SMILES string of the molecule is COc1cc(N(C)CCN(C)C)c(N)cc1Nc1nccc(-c2c[nH]c3ncccc23)n1. The number of pyridine rings is 1. The number of nitrogen functional groups attached to an aromatic ring is 1. The van der Waals surface area contributed by atoms with Crippen LogP contribution in [0.2, 0.25) is 0 Å². The van der Waals surface area contributed by atoms with Gasteiger partial charge in [-0.15, -0.1) is 0 Å². The Morgan fingerprint density at radius 2 is 1.94 bits per heavy atom. The average Bonchev–Trinajstić information content (AvgIpc) is 3.22. The van der Waals surface area contributed by atoms with Crippen molar-refractivity contribution in [2.75, 3.05) is 57.3 Å². The van der Waals surface area contributed by atoms with Gasteiger partial charge in [0, 0.05) is 55.7 Å². The number of ether oxygens (including phenoxy) is 1. The lowest BCUT2D eigenvalue weighted by Crippen LogP contribution is -2.29. The third kappa shape index (κ3) is 4.42. The van der Waals surface area contributed by atoms with Crippen LogP contribution >= 0.6 is 0 Å². The van der Waals surface area contributed by atoms with Crippen LogP contribution in [0.5, 0.6) is 5.75 Å². The summed E-state index contributed by atoms with van der Waals surface area (Å²) in [5.74, 6) is 1.11. The molecule has 0 atom stereocenters. The van der Waals surface area contributed by atoms with Crippen LogP contribution in [0, 0.1) is 0 Å². The molecule has 0 saturated carbocycles. The van der Waals surface area contributed by atoms with Crippen LogP contribution in [0.3, 0.4) is 0 Å². The van der Waals surface area contributed by atoms with E-state index in [0.29, 0.717) is 23.1 Å². The molecule has 0 fully saturated rings. The highest BCUT2D eigenvalue weighted by Gasteiger charge is 2.14. The molecule has 0 bridgehead atoms. The molecule has 4 N–H and O–H groups in total. The summed E-state index contributed by atoms with van der Waals surface area (Å²) in [5, 5.41) is 4.26. The fraction of sp³-hybridized carbons (Fsp3) is 0.261. The number of nitrogens with zero attached hydrogens (tertiary/aromatic N) is 5. The van der Waals surface area contributed by atoms with Crippen molar-refractivity contribution in [2.45, 2.75) is 0 Å². The number of nitrogens with one attached hydrogen (secondary N) is 2. The minimum Gasteiger partial charge on any atom is -0.494 e. The molecule has 1 aromatic carbocycles. The van der Waals surface area contributed by atoms with E-state index in [0.717, 1.165) is 41.1 Å². The predicted octanol–water partition coefficient (Wildman–Crippen LogP) is 3.35. The Balaban J connectivity index is 1.61. The number of hydrogen-bond donors (Lipinski definition) is 3. The Hall–Kier alpha value is -3.85. The molecule has 166 valence electrons. The first-order valence-electron chi connectivity index (χ1n) is 10.3. The second kappa shape index (κ2) is 9.11. The smallest absolute Gasteiger partial charge is 0.227 e. The van der Waals surface area contributed by atoms with Gasteiger partial charge in [0.05, 0.1) is 29.9 Å². The van der Waals surface area contributed by atoms with Crippen molar-refractivity contribution >= 4 is 34.0 Å². The van der Waals surface area contributed by atoms with E-state index in [2.05, 4.69) is 35.1 Å². The molecule has 9 nitrogen and oxygen atoms in total. The van der Waals surface area contributed by atoms with Gasteiger partial charge in [-0.25, -0.2) is 15.0 Å². The van der Waals surface area contributed by atoms with Crippen LogP contribution in [0.25, 0.3) is 22.3 Å². The molecule has 0 aliphatic heterocycles. The molecule has 0 saturated heterocycles. The molecule has 9 heteroatoms. The Kier molecular flexibility index (Phi) is 6.09. The first-order chi connectivity index (χ1) is 15.5. The highest BCUT2D eigenvalue weighted by Crippen LogP contribution is 2.36. The van der Waals surface area contributed by atoms with Crippen molar-refractivity contribution in [3.8, 4) is 17.0 Å². The molecule has 0 aliphatic rings. The lowest BCUT2D eigenvalue weighted by Gasteiger charge is -2.24. The molecule has 4 rings (SSSR count). The molecule has 32 heavy (non-hydrogen) atoms. The van der Waals surface area contributed by atoms with E-state index < -0.39 is 0 Å². The molecule has 0 unspecified atom stereocenters.